The van der Waals surface area contributed by atoms with E-state index in [1.807, 2.05) is 6.92 Å². The highest BCUT2D eigenvalue weighted by Crippen LogP contribution is 2.41. The maximum Gasteiger partial charge on any atom is 0.323 e. The molecule has 2 heterocycles. The fourth-order valence-electron chi connectivity index (χ4n) is 4.96. The van der Waals surface area contributed by atoms with E-state index in [0.29, 0.717) is 30.3 Å². The molecule has 0 bridgehead atoms. The van der Waals surface area contributed by atoms with Gasteiger partial charge in [0.05, 0.1) is 11.4 Å². The minimum Gasteiger partial charge on any atom is -0.463 e. The first-order chi connectivity index (χ1) is 20.7. The number of nitrogens with zero attached hydrogens (tertiary/aromatic N) is 1. The van der Waals surface area contributed by atoms with Crippen LogP contribution in [0.25, 0.3) is 0 Å². The Bertz CT molecular complexity index is 1190. The van der Waals surface area contributed by atoms with Crippen LogP contribution < -0.4 is 11.1 Å². The van der Waals surface area contributed by atoms with Crippen molar-refractivity contribution in [1.82, 2.24) is 10.3 Å². The van der Waals surface area contributed by atoms with Crippen LogP contribution in [0.3, 0.4) is 0 Å². The standard InChI is InChI=1S/C31H49N5O8/c1-7-8-14-42-30(4,5)29(40)36-27(34-17-32)20-12-13-22(35-20)31(6)26(38)25(43-28(39)24(33)18(2)3)21(44-31)16-41-23(37)15-19-10-9-11-19/h12-13,17-19,21,24-26,35,38H,7-11,14-16,33H2,1-6H3,(H2,32,34,36,40)/t21-,24-,25-,26-,31+/m1/s1. The molecule has 13 nitrogen and oxygen atoms in total. The van der Waals surface area contributed by atoms with Crippen molar-refractivity contribution in [3.05, 3.63) is 23.5 Å². The summed E-state index contributed by atoms with van der Waals surface area (Å²) in [5.41, 5.74) is 4.13. The molecule has 1 saturated heterocycles. The number of aliphatic hydroxyl groups is 1. The molecule has 1 aliphatic heterocycles. The first kappa shape index (κ1) is 35.4. The number of H-pyrrole nitrogens is 1. The second-order valence-electron chi connectivity index (χ2n) is 12.6. The van der Waals surface area contributed by atoms with Gasteiger partial charge in [0.1, 0.15) is 42.4 Å². The number of unbranched alkanes of at least 4 members (excludes halogenated alkanes) is 1. The van der Waals surface area contributed by atoms with Crippen molar-refractivity contribution in [3.8, 4) is 0 Å². The molecule has 246 valence electrons. The number of amidine groups is 1. The van der Waals surface area contributed by atoms with E-state index in [1.54, 1.807) is 46.8 Å². The second kappa shape index (κ2) is 15.2. The molecular formula is C31H49N5O8. The topological polar surface area (TPSA) is 198 Å². The lowest BCUT2D eigenvalue weighted by atomic mass is 9.83. The summed E-state index contributed by atoms with van der Waals surface area (Å²) in [6.07, 6.45) is 2.35. The summed E-state index contributed by atoms with van der Waals surface area (Å²) in [6, 6.07) is 2.33. The van der Waals surface area contributed by atoms with Gasteiger partial charge in [-0.15, -0.1) is 0 Å². The number of amides is 1. The molecule has 13 heteroatoms. The van der Waals surface area contributed by atoms with E-state index in [1.165, 1.54) is 0 Å². The first-order valence-corrected chi connectivity index (χ1v) is 15.4. The summed E-state index contributed by atoms with van der Waals surface area (Å²) in [6.45, 7) is 10.7. The molecule has 1 amide bonds. The molecule has 1 saturated carbocycles. The van der Waals surface area contributed by atoms with Crippen molar-refractivity contribution in [2.45, 2.75) is 116 Å². The molecule has 0 unspecified atom stereocenters. The largest absolute Gasteiger partial charge is 0.463 e. The number of aliphatic imine (C=N–C) groups is 1. The van der Waals surface area contributed by atoms with Gasteiger partial charge in [0.25, 0.3) is 5.91 Å². The van der Waals surface area contributed by atoms with Gasteiger partial charge < -0.3 is 40.1 Å². The number of nitrogens with one attached hydrogen (secondary N) is 3. The van der Waals surface area contributed by atoms with Gasteiger partial charge >= 0.3 is 11.9 Å². The van der Waals surface area contributed by atoms with Crippen LogP contribution in [-0.4, -0.2) is 83.3 Å². The molecule has 44 heavy (non-hydrogen) atoms. The number of rotatable bonds is 15. The first-order valence-electron chi connectivity index (χ1n) is 15.4. The van der Waals surface area contributed by atoms with E-state index in [9.17, 15) is 19.5 Å². The molecular weight excluding hydrogens is 570 g/mol. The molecule has 0 radical (unpaired) electrons. The number of carbonyl (C=O) groups is 3. The highest BCUT2D eigenvalue weighted by atomic mass is 16.6. The van der Waals surface area contributed by atoms with Crippen molar-refractivity contribution in [2.75, 3.05) is 13.2 Å². The quantitative estimate of drug-likeness (QED) is 0.0848. The summed E-state index contributed by atoms with van der Waals surface area (Å²) >= 11 is 0. The number of esters is 2. The predicted molar refractivity (Wildman–Crippen MR) is 163 cm³/mol. The Labute approximate surface area is 259 Å². The van der Waals surface area contributed by atoms with Crippen LogP contribution in [0.5, 0.6) is 0 Å². The fraction of sp³-hybridized carbons (Fsp3) is 0.710. The number of nitrogens with two attached hydrogens (primary N) is 1. The number of carbonyl (C=O) groups excluding carboxylic acids is 3. The Morgan fingerprint density at radius 1 is 1.32 bits per heavy atom. The van der Waals surface area contributed by atoms with Gasteiger partial charge in [-0.05, 0) is 64.0 Å². The summed E-state index contributed by atoms with van der Waals surface area (Å²) in [7, 11) is 0. The molecule has 1 aromatic heterocycles. The average Bonchev–Trinajstić information content (AvgIpc) is 3.53. The Hall–Kier alpha value is -3.13. The number of aliphatic hydroxyl groups excluding tert-OH is 1. The van der Waals surface area contributed by atoms with Gasteiger partial charge in [-0.3, -0.25) is 19.8 Å². The zero-order valence-electron chi connectivity index (χ0n) is 26.7. The fourth-order valence-corrected chi connectivity index (χ4v) is 4.96. The van der Waals surface area contributed by atoms with Crippen molar-refractivity contribution in [2.24, 2.45) is 22.6 Å². The summed E-state index contributed by atoms with van der Waals surface area (Å²) < 4.78 is 23.2. The van der Waals surface area contributed by atoms with E-state index in [4.69, 9.17) is 30.1 Å². The zero-order chi connectivity index (χ0) is 32.7. The Kier molecular flexibility index (Phi) is 12.2. The number of ether oxygens (including phenoxy) is 4. The Morgan fingerprint density at radius 2 is 2.02 bits per heavy atom. The van der Waals surface area contributed by atoms with Gasteiger partial charge in [-0.2, -0.15) is 0 Å². The minimum atomic E-state index is -1.45. The van der Waals surface area contributed by atoms with Crippen molar-refractivity contribution >= 4 is 30.0 Å². The van der Waals surface area contributed by atoms with E-state index in [-0.39, 0.29) is 24.3 Å². The van der Waals surface area contributed by atoms with Crippen LogP contribution in [0.2, 0.25) is 0 Å². The summed E-state index contributed by atoms with van der Waals surface area (Å²) in [4.78, 5) is 45.4. The highest BCUT2D eigenvalue weighted by molar-refractivity contribution is 6.10. The van der Waals surface area contributed by atoms with Gasteiger partial charge in [0.2, 0.25) is 0 Å². The van der Waals surface area contributed by atoms with E-state index < -0.39 is 47.4 Å². The monoisotopic (exact) mass is 619 g/mol. The second-order valence-corrected chi connectivity index (χ2v) is 12.6. The molecule has 5 atom stereocenters. The van der Waals surface area contributed by atoms with Crippen LogP contribution in [0.4, 0.5) is 0 Å². The van der Waals surface area contributed by atoms with Crippen molar-refractivity contribution in [3.63, 3.8) is 0 Å². The SMILES string of the molecule is CCCCOC(C)(C)C(=O)N/C(=N/C=N)c1ccc([C@]2(C)O[C@H](COC(=O)CC3CCC3)[C@@H](OC(=O)[C@H](N)C(C)C)[C@H]2O)[nH]1. The van der Waals surface area contributed by atoms with Gasteiger partial charge in [0.15, 0.2) is 11.9 Å². The molecule has 0 spiro atoms. The van der Waals surface area contributed by atoms with Crippen LogP contribution >= 0.6 is 0 Å². The smallest absolute Gasteiger partial charge is 0.323 e. The lowest BCUT2D eigenvalue weighted by molar-refractivity contribution is -0.163. The van der Waals surface area contributed by atoms with Crippen LogP contribution in [0.1, 0.15) is 91.5 Å². The Balaban J connectivity index is 1.81. The maximum atomic E-state index is 13.0. The lowest BCUT2D eigenvalue weighted by Gasteiger charge is -2.28. The third kappa shape index (κ3) is 8.52. The minimum absolute atomic E-state index is 0.0619. The van der Waals surface area contributed by atoms with Gasteiger partial charge in [0, 0.05) is 13.0 Å². The number of aromatic nitrogens is 1. The molecule has 1 aromatic rings. The lowest BCUT2D eigenvalue weighted by Crippen LogP contribution is -2.47. The molecule has 1 aliphatic carbocycles. The average molecular weight is 620 g/mol. The van der Waals surface area contributed by atoms with Crippen molar-refractivity contribution < 1.29 is 38.4 Å². The van der Waals surface area contributed by atoms with Crippen LogP contribution in [0, 0.1) is 17.2 Å². The molecule has 2 fully saturated rings. The van der Waals surface area contributed by atoms with Crippen molar-refractivity contribution in [1.29, 1.82) is 5.41 Å². The van der Waals surface area contributed by atoms with Gasteiger partial charge in [-0.1, -0.05) is 33.6 Å². The third-order valence-electron chi connectivity index (χ3n) is 8.38. The van der Waals surface area contributed by atoms with E-state index >= 15 is 0 Å². The normalized spacial score (nSPS) is 24.9. The van der Waals surface area contributed by atoms with Gasteiger partial charge in [-0.25, -0.2) is 4.99 Å². The number of aromatic amines is 1. The third-order valence-corrected chi connectivity index (χ3v) is 8.38. The zero-order valence-corrected chi connectivity index (χ0v) is 26.7. The predicted octanol–water partition coefficient (Wildman–Crippen LogP) is 2.68. The summed E-state index contributed by atoms with van der Waals surface area (Å²) in [5, 5.41) is 21.7. The summed E-state index contributed by atoms with van der Waals surface area (Å²) in [5.74, 6) is -1.37. The number of hydrogen-bond donors (Lipinski definition) is 5. The molecule has 3 rings (SSSR count). The molecule has 0 aromatic carbocycles. The number of hydrogen-bond acceptors (Lipinski definition) is 10. The van der Waals surface area contributed by atoms with Crippen LogP contribution in [-0.2, 0) is 38.9 Å². The van der Waals surface area contributed by atoms with E-state index in [0.717, 1.165) is 38.4 Å². The Morgan fingerprint density at radius 3 is 2.61 bits per heavy atom. The highest BCUT2D eigenvalue weighted by Gasteiger charge is 2.56. The van der Waals surface area contributed by atoms with E-state index in [2.05, 4.69) is 15.3 Å². The molecule has 6 N–H and O–H groups in total. The maximum absolute atomic E-state index is 13.0. The molecule has 2 aliphatic rings. The van der Waals surface area contributed by atoms with Crippen LogP contribution in [0.15, 0.2) is 17.1 Å².